The van der Waals surface area contributed by atoms with Crippen molar-refractivity contribution in [3.8, 4) is 0 Å². The average Bonchev–Trinajstić information content (AvgIpc) is 2.84. The van der Waals surface area contributed by atoms with E-state index >= 15 is 0 Å². The molecule has 144 valence electrons. The number of benzene rings is 1. The molecule has 0 bridgehead atoms. The zero-order chi connectivity index (χ0) is 20.4. The van der Waals surface area contributed by atoms with Crippen molar-refractivity contribution in [2.75, 3.05) is 19.1 Å². The molecule has 0 saturated carbocycles. The zero-order valence-electron chi connectivity index (χ0n) is 13.9. The zero-order valence-corrected chi connectivity index (χ0v) is 16.1. The molecule has 0 spiro atoms. The highest BCUT2D eigenvalue weighted by atomic mass is 127. The van der Waals surface area contributed by atoms with Gasteiger partial charge in [0.05, 0.1) is 34.6 Å². The molecule has 5 nitrogen and oxygen atoms in total. The Kier molecular flexibility index (Phi) is 6.29. The lowest BCUT2D eigenvalue weighted by atomic mass is 10.1. The number of hydrogen-bond donors (Lipinski definition) is 0. The van der Waals surface area contributed by atoms with E-state index in [9.17, 15) is 27.2 Å². The molecular weight excluding hydrogens is 485 g/mol. The highest BCUT2D eigenvalue weighted by Gasteiger charge is 2.35. The number of rotatable bonds is 3. The molecule has 0 aromatic heterocycles. The van der Waals surface area contributed by atoms with Gasteiger partial charge in [-0.2, -0.15) is 13.2 Å². The topological polar surface area (TPSA) is 55.8 Å². The van der Waals surface area contributed by atoms with Gasteiger partial charge in [0.15, 0.2) is 0 Å². The van der Waals surface area contributed by atoms with Gasteiger partial charge in [-0.15, -0.1) is 0 Å². The van der Waals surface area contributed by atoms with Gasteiger partial charge in [0, 0.05) is 6.20 Å². The summed E-state index contributed by atoms with van der Waals surface area (Å²) in [6.45, 7) is 0. The molecule has 0 aliphatic carbocycles. The molecule has 1 aliphatic rings. The Balaban J connectivity index is 2.80. The Morgan fingerprint density at radius 1 is 1.07 bits per heavy atom. The number of anilines is 1. The van der Waals surface area contributed by atoms with Gasteiger partial charge in [0.25, 0.3) is 0 Å². The summed E-state index contributed by atoms with van der Waals surface area (Å²) >= 11 is 1.51. The number of hydrogen-bond acceptors (Lipinski definition) is 5. The summed E-state index contributed by atoms with van der Waals surface area (Å²) in [6.07, 6.45) is 0.397. The normalized spacial score (nSPS) is 14.3. The number of carbonyl (C=O) groups is 2. The van der Waals surface area contributed by atoms with E-state index in [1.807, 2.05) is 0 Å². The van der Waals surface area contributed by atoms with Crippen molar-refractivity contribution < 1.29 is 36.6 Å². The number of allylic oxidation sites excluding steroid dienone is 2. The molecule has 0 fully saturated rings. The summed E-state index contributed by atoms with van der Waals surface area (Å²) in [5, 5.41) is 0. The minimum atomic E-state index is -4.81. The van der Waals surface area contributed by atoms with Crippen molar-refractivity contribution in [3.05, 3.63) is 62.8 Å². The van der Waals surface area contributed by atoms with E-state index in [4.69, 9.17) is 0 Å². The summed E-state index contributed by atoms with van der Waals surface area (Å²) in [5.74, 6) is -3.06. The molecule has 0 unspecified atom stereocenters. The molecule has 0 N–H and O–H groups in total. The Hall–Kier alpha value is -2.37. The molecule has 0 radical (unpaired) electrons. The predicted molar refractivity (Wildman–Crippen MR) is 95.9 cm³/mol. The molecule has 2 rings (SSSR count). The third-order valence-electron chi connectivity index (χ3n) is 3.49. The minimum absolute atomic E-state index is 0.183. The maximum Gasteiger partial charge on any atom is 0.416 e. The van der Waals surface area contributed by atoms with Crippen LogP contribution in [0.1, 0.15) is 5.56 Å². The van der Waals surface area contributed by atoms with E-state index in [1.54, 1.807) is 0 Å². The lowest BCUT2D eigenvalue weighted by Gasteiger charge is -2.25. The molecule has 1 heterocycles. The van der Waals surface area contributed by atoms with Gasteiger partial charge in [0.1, 0.15) is 11.5 Å². The fourth-order valence-corrected chi connectivity index (χ4v) is 2.84. The number of carbonyl (C=O) groups excluding carboxylic acids is 2. The van der Waals surface area contributed by atoms with Crippen LogP contribution in [-0.2, 0) is 25.2 Å². The predicted octanol–water partition coefficient (Wildman–Crippen LogP) is 3.94. The molecule has 0 atom stereocenters. The van der Waals surface area contributed by atoms with Crippen LogP contribution in [0.2, 0.25) is 0 Å². The first-order chi connectivity index (χ1) is 12.6. The van der Waals surface area contributed by atoms with Gasteiger partial charge in [0.2, 0.25) is 0 Å². The average molecular weight is 497 g/mol. The Bertz CT molecular complexity index is 874. The van der Waals surface area contributed by atoms with Crippen molar-refractivity contribution in [3.63, 3.8) is 0 Å². The second-order valence-electron chi connectivity index (χ2n) is 5.11. The lowest BCUT2D eigenvalue weighted by molar-refractivity contribution is -0.139. The second-order valence-corrected chi connectivity index (χ2v) is 6.18. The fraction of sp³-hybridized carbons (Fsp3) is 0.176. The van der Waals surface area contributed by atoms with E-state index in [-0.39, 0.29) is 14.8 Å². The number of esters is 2. The molecular formula is C17H12F4INO4. The van der Waals surface area contributed by atoms with Crippen LogP contribution in [0, 0.1) is 9.39 Å². The molecule has 1 aromatic carbocycles. The van der Waals surface area contributed by atoms with E-state index in [2.05, 4.69) is 9.47 Å². The highest BCUT2D eigenvalue weighted by molar-refractivity contribution is 14.1. The monoisotopic (exact) mass is 497 g/mol. The van der Waals surface area contributed by atoms with Gasteiger partial charge in [-0.3, -0.25) is 0 Å². The molecule has 0 amide bonds. The minimum Gasteiger partial charge on any atom is -0.465 e. The fourth-order valence-electron chi connectivity index (χ4n) is 2.26. The van der Waals surface area contributed by atoms with Gasteiger partial charge < -0.3 is 14.4 Å². The summed E-state index contributed by atoms with van der Waals surface area (Å²) < 4.78 is 62.6. The van der Waals surface area contributed by atoms with Crippen LogP contribution in [0.5, 0.6) is 0 Å². The summed E-state index contributed by atoms with van der Waals surface area (Å²) in [7, 11) is 2.12. The van der Waals surface area contributed by atoms with Gasteiger partial charge in [-0.25, -0.2) is 14.0 Å². The van der Waals surface area contributed by atoms with Crippen molar-refractivity contribution >= 4 is 40.2 Å². The van der Waals surface area contributed by atoms with Gasteiger partial charge in [-0.1, -0.05) is 6.08 Å². The van der Waals surface area contributed by atoms with Crippen LogP contribution in [0.15, 0.2) is 47.8 Å². The number of nitrogens with zero attached hydrogens (tertiary/aromatic N) is 1. The van der Waals surface area contributed by atoms with E-state index in [0.29, 0.717) is 12.1 Å². The van der Waals surface area contributed by atoms with Crippen LogP contribution in [0.4, 0.5) is 23.2 Å². The highest BCUT2D eigenvalue weighted by Crippen LogP contribution is 2.38. The SMILES string of the molecule is COC(=O)C1=C(C(=O)OC)N(c2cc(C(F)(F)F)cc(F)c2I)C=CC=C1. The number of methoxy groups -OCH3 is 2. The van der Waals surface area contributed by atoms with Crippen molar-refractivity contribution in [1.29, 1.82) is 0 Å². The van der Waals surface area contributed by atoms with E-state index in [0.717, 1.165) is 19.1 Å². The quantitative estimate of drug-likeness (QED) is 0.360. The second kappa shape index (κ2) is 8.11. The lowest BCUT2D eigenvalue weighted by Crippen LogP contribution is -2.28. The van der Waals surface area contributed by atoms with Crippen molar-refractivity contribution in [2.24, 2.45) is 0 Å². The third kappa shape index (κ3) is 4.31. The van der Waals surface area contributed by atoms with Crippen LogP contribution in [0.3, 0.4) is 0 Å². The Labute approximate surface area is 165 Å². The van der Waals surface area contributed by atoms with Crippen LogP contribution in [-0.4, -0.2) is 26.2 Å². The van der Waals surface area contributed by atoms with Crippen LogP contribution in [0.25, 0.3) is 0 Å². The maximum atomic E-state index is 14.2. The van der Waals surface area contributed by atoms with Crippen LogP contribution >= 0.6 is 22.6 Å². The first-order valence-electron chi connectivity index (χ1n) is 7.23. The summed E-state index contributed by atoms with van der Waals surface area (Å²) in [5.41, 5.74) is -2.21. The van der Waals surface area contributed by atoms with Gasteiger partial charge >= 0.3 is 18.1 Å². The smallest absolute Gasteiger partial charge is 0.416 e. The van der Waals surface area contributed by atoms with E-state index in [1.165, 1.54) is 47.0 Å². The molecule has 1 aromatic rings. The third-order valence-corrected chi connectivity index (χ3v) is 4.55. The molecule has 0 saturated heterocycles. The number of alkyl halides is 3. The largest absolute Gasteiger partial charge is 0.465 e. The standard InChI is InChI=1S/C17H12F4INO4/c1-26-15(24)10-5-3-4-6-23(14(10)16(25)27-2)12-8-9(17(19,20)21)7-11(18)13(12)22/h3-8H,1-2H3. The molecule has 1 aliphatic heterocycles. The molecule has 10 heteroatoms. The maximum absolute atomic E-state index is 14.2. The van der Waals surface area contributed by atoms with Crippen molar-refractivity contribution in [1.82, 2.24) is 0 Å². The summed E-state index contributed by atoms with van der Waals surface area (Å²) in [6, 6.07) is 1.03. The molecule has 27 heavy (non-hydrogen) atoms. The first kappa shape index (κ1) is 20.9. The Morgan fingerprint density at radius 3 is 2.26 bits per heavy atom. The summed E-state index contributed by atoms with van der Waals surface area (Å²) in [4.78, 5) is 25.3. The Morgan fingerprint density at radius 2 is 1.70 bits per heavy atom. The van der Waals surface area contributed by atoms with Gasteiger partial charge in [-0.05, 0) is 46.9 Å². The van der Waals surface area contributed by atoms with Crippen LogP contribution < -0.4 is 4.90 Å². The van der Waals surface area contributed by atoms with Crippen molar-refractivity contribution in [2.45, 2.75) is 6.18 Å². The van der Waals surface area contributed by atoms with E-state index < -0.39 is 35.2 Å². The first-order valence-corrected chi connectivity index (χ1v) is 8.31. The number of ether oxygens (including phenoxy) is 2. The number of halogens is 5.